The van der Waals surface area contributed by atoms with Gasteiger partial charge in [0, 0.05) is 39.1 Å². The van der Waals surface area contributed by atoms with E-state index in [2.05, 4.69) is 4.98 Å². The zero-order valence-electron chi connectivity index (χ0n) is 13.4. The molecule has 0 N–H and O–H groups in total. The largest absolute Gasteiger partial charge is 0.394 e. The van der Waals surface area contributed by atoms with Crippen LogP contribution in [-0.4, -0.2) is 56.3 Å². The molecule has 1 fully saturated rings. The number of nitriles is 1. The third-order valence-electron chi connectivity index (χ3n) is 4.06. The van der Waals surface area contributed by atoms with Crippen LogP contribution in [-0.2, 0) is 10.0 Å². The molecule has 0 saturated carbocycles. The average Bonchev–Trinajstić information content (AvgIpc) is 2.92. The molecule has 0 bridgehead atoms. The van der Waals surface area contributed by atoms with Gasteiger partial charge in [0.25, 0.3) is 0 Å². The number of alkyl halides is 3. The number of sulfonamides is 1. The van der Waals surface area contributed by atoms with Gasteiger partial charge < -0.3 is 4.90 Å². The molecule has 24 heavy (non-hydrogen) atoms. The molecule has 1 aliphatic heterocycles. The molecule has 1 aromatic heterocycles. The van der Waals surface area contributed by atoms with Gasteiger partial charge >= 0.3 is 6.18 Å². The van der Waals surface area contributed by atoms with Crippen LogP contribution in [0.25, 0.3) is 0 Å². The number of aryl methyl sites for hydroxylation is 1. The normalized spacial score (nSPS) is 22.0. The van der Waals surface area contributed by atoms with E-state index >= 15 is 0 Å². The molecule has 2 rings (SSSR count). The Balaban J connectivity index is 2.48. The molecule has 2 heterocycles. The Morgan fingerprint density at radius 3 is 2.50 bits per heavy atom. The van der Waals surface area contributed by atoms with Crippen molar-refractivity contribution in [1.82, 2.24) is 9.29 Å². The minimum absolute atomic E-state index is 0.115. The van der Waals surface area contributed by atoms with Gasteiger partial charge in [0.15, 0.2) is 0 Å². The van der Waals surface area contributed by atoms with Gasteiger partial charge in [0.2, 0.25) is 10.0 Å². The van der Waals surface area contributed by atoms with Crippen molar-refractivity contribution in [2.24, 2.45) is 5.92 Å². The summed E-state index contributed by atoms with van der Waals surface area (Å²) < 4.78 is 65.5. The van der Waals surface area contributed by atoms with Crippen LogP contribution in [0.5, 0.6) is 0 Å². The van der Waals surface area contributed by atoms with Gasteiger partial charge in [-0.25, -0.2) is 12.7 Å². The van der Waals surface area contributed by atoms with E-state index in [1.807, 2.05) is 6.07 Å². The molecule has 0 spiro atoms. The lowest BCUT2D eigenvalue weighted by molar-refractivity contribution is -0.167. The van der Waals surface area contributed by atoms with Crippen LogP contribution >= 0.6 is 0 Å². The lowest BCUT2D eigenvalue weighted by Gasteiger charge is -2.23. The van der Waals surface area contributed by atoms with Crippen LogP contribution in [0.3, 0.4) is 0 Å². The Bertz CT molecular complexity index is 771. The first-order valence-electron chi connectivity index (χ1n) is 7.08. The van der Waals surface area contributed by atoms with Crippen molar-refractivity contribution in [3.63, 3.8) is 0 Å². The third kappa shape index (κ3) is 3.32. The molecular formula is C14H17F3N4O2S. The Hall–Kier alpha value is -1.86. The maximum absolute atomic E-state index is 13.4. The van der Waals surface area contributed by atoms with Gasteiger partial charge in [-0.05, 0) is 13.0 Å². The van der Waals surface area contributed by atoms with Crippen LogP contribution in [0.2, 0.25) is 0 Å². The zero-order valence-corrected chi connectivity index (χ0v) is 14.2. The van der Waals surface area contributed by atoms with E-state index in [1.165, 1.54) is 31.3 Å². The molecule has 1 aliphatic rings. The molecule has 10 heteroatoms. The predicted octanol–water partition coefficient (Wildman–Crippen LogP) is 1.52. The number of pyridine rings is 1. The highest BCUT2D eigenvalue weighted by Crippen LogP contribution is 2.40. The number of anilines is 1. The molecule has 0 aliphatic carbocycles. The van der Waals surface area contributed by atoms with Crippen molar-refractivity contribution in [3.05, 3.63) is 23.5 Å². The topological polar surface area (TPSA) is 77.3 Å². The summed E-state index contributed by atoms with van der Waals surface area (Å²) in [6.45, 7) is 0.804. The summed E-state index contributed by atoms with van der Waals surface area (Å²) >= 11 is 0. The Morgan fingerprint density at radius 2 is 2.00 bits per heavy atom. The van der Waals surface area contributed by atoms with E-state index in [9.17, 15) is 21.6 Å². The lowest BCUT2D eigenvalue weighted by atomic mass is 10.1. The van der Waals surface area contributed by atoms with E-state index < -0.39 is 33.9 Å². The van der Waals surface area contributed by atoms with Gasteiger partial charge in [-0.15, -0.1) is 0 Å². The minimum atomic E-state index is -4.66. The maximum atomic E-state index is 13.4. The van der Waals surface area contributed by atoms with Crippen molar-refractivity contribution < 1.29 is 21.6 Å². The van der Waals surface area contributed by atoms with Gasteiger partial charge in [0.1, 0.15) is 11.3 Å². The summed E-state index contributed by atoms with van der Waals surface area (Å²) in [4.78, 5) is 5.25. The first kappa shape index (κ1) is 18.5. The molecule has 0 aromatic carbocycles. The molecule has 6 nitrogen and oxygen atoms in total. The van der Waals surface area contributed by atoms with Gasteiger partial charge in [0.05, 0.1) is 17.2 Å². The fourth-order valence-corrected chi connectivity index (χ4v) is 4.32. The summed E-state index contributed by atoms with van der Waals surface area (Å²) in [5, 5.41) is 7.53. The number of nitrogens with zero attached hydrogens (tertiary/aromatic N) is 4. The Morgan fingerprint density at radius 1 is 1.38 bits per heavy atom. The number of aromatic nitrogens is 1. The summed E-state index contributed by atoms with van der Waals surface area (Å²) in [5.41, 5.74) is 0.923. The standard InChI is InChI=1S/C14H17F3N4O2S/c1-9-4-12(10(5-18)6-19-9)21-7-11(14(15,16)17)13(8-21)24(22,23)20(2)3/h4,6,11,13H,7-8H2,1-3H3/t11-,13-/m1/s1. The fourth-order valence-electron chi connectivity index (χ4n) is 2.75. The molecule has 1 aromatic rings. The summed E-state index contributed by atoms with van der Waals surface area (Å²) in [6.07, 6.45) is -3.38. The first-order chi connectivity index (χ1) is 11.0. The Kier molecular flexibility index (Phi) is 4.79. The molecule has 2 atom stereocenters. The van der Waals surface area contributed by atoms with Crippen LogP contribution in [0.15, 0.2) is 12.3 Å². The highest BCUT2D eigenvalue weighted by atomic mass is 32.2. The fraction of sp³-hybridized carbons (Fsp3) is 0.571. The highest BCUT2D eigenvalue weighted by Gasteiger charge is 2.55. The van der Waals surface area contributed by atoms with E-state index in [4.69, 9.17) is 5.26 Å². The van der Waals surface area contributed by atoms with Crippen molar-refractivity contribution in [1.29, 1.82) is 5.26 Å². The molecular weight excluding hydrogens is 345 g/mol. The van der Waals surface area contributed by atoms with Crippen molar-refractivity contribution in [3.8, 4) is 6.07 Å². The van der Waals surface area contributed by atoms with Crippen molar-refractivity contribution in [2.45, 2.75) is 18.3 Å². The second kappa shape index (κ2) is 6.22. The summed E-state index contributed by atoms with van der Waals surface area (Å²) in [6, 6.07) is 3.38. The summed E-state index contributed by atoms with van der Waals surface area (Å²) in [5.74, 6) is -2.02. The predicted molar refractivity (Wildman–Crippen MR) is 81.8 cm³/mol. The van der Waals surface area contributed by atoms with Crippen molar-refractivity contribution >= 4 is 15.7 Å². The van der Waals surface area contributed by atoms with Crippen LogP contribution in [0, 0.1) is 24.2 Å². The van der Waals surface area contributed by atoms with E-state index in [-0.39, 0.29) is 17.8 Å². The SMILES string of the molecule is Cc1cc(N2C[C@@H](C(F)(F)F)[C@H](S(=O)(=O)N(C)C)C2)c(C#N)cn1. The van der Waals surface area contributed by atoms with Crippen LogP contribution < -0.4 is 4.90 Å². The quantitative estimate of drug-likeness (QED) is 0.815. The van der Waals surface area contributed by atoms with E-state index in [1.54, 1.807) is 6.92 Å². The van der Waals surface area contributed by atoms with Crippen LogP contribution in [0.1, 0.15) is 11.3 Å². The highest BCUT2D eigenvalue weighted by molar-refractivity contribution is 7.89. The second-order valence-corrected chi connectivity index (χ2v) is 8.24. The minimum Gasteiger partial charge on any atom is -0.368 e. The maximum Gasteiger partial charge on any atom is 0.394 e. The zero-order chi connectivity index (χ0) is 18.3. The van der Waals surface area contributed by atoms with E-state index in [0.717, 1.165) is 4.31 Å². The molecule has 0 unspecified atom stereocenters. The van der Waals surface area contributed by atoms with Gasteiger partial charge in [-0.3, -0.25) is 4.98 Å². The molecule has 132 valence electrons. The average molecular weight is 362 g/mol. The monoisotopic (exact) mass is 362 g/mol. The first-order valence-corrected chi connectivity index (χ1v) is 8.58. The van der Waals surface area contributed by atoms with Crippen LogP contribution in [0.4, 0.5) is 18.9 Å². The third-order valence-corrected chi connectivity index (χ3v) is 6.32. The second-order valence-electron chi connectivity index (χ2n) is 5.87. The number of hydrogen-bond donors (Lipinski definition) is 0. The Labute approximate surface area is 138 Å². The van der Waals surface area contributed by atoms with E-state index in [0.29, 0.717) is 5.69 Å². The lowest BCUT2D eigenvalue weighted by Crippen LogP contribution is -2.43. The van der Waals surface area contributed by atoms with Gasteiger partial charge in [-0.2, -0.15) is 18.4 Å². The number of halogens is 3. The van der Waals surface area contributed by atoms with Crippen molar-refractivity contribution in [2.75, 3.05) is 32.1 Å². The smallest absolute Gasteiger partial charge is 0.368 e. The number of hydrogen-bond acceptors (Lipinski definition) is 5. The number of rotatable bonds is 3. The molecule has 0 radical (unpaired) electrons. The van der Waals surface area contributed by atoms with Gasteiger partial charge in [-0.1, -0.05) is 0 Å². The molecule has 0 amide bonds. The molecule has 1 saturated heterocycles. The summed E-state index contributed by atoms with van der Waals surface area (Å²) in [7, 11) is -1.68.